The lowest BCUT2D eigenvalue weighted by Gasteiger charge is -2.44. The number of imide groups is 1. The normalized spacial score (nSPS) is 28.6. The Morgan fingerprint density at radius 2 is 1.86 bits per heavy atom. The quantitative estimate of drug-likeness (QED) is 0.809. The van der Waals surface area contributed by atoms with E-state index >= 15 is 0 Å². The third-order valence-electron chi connectivity index (χ3n) is 3.97. The van der Waals surface area contributed by atoms with Gasteiger partial charge >= 0.3 is 6.18 Å². The first-order chi connectivity index (χ1) is 9.62. The van der Waals surface area contributed by atoms with Gasteiger partial charge in [0.05, 0.1) is 22.3 Å². The summed E-state index contributed by atoms with van der Waals surface area (Å²) in [6.07, 6.45) is -4.33. The van der Waals surface area contributed by atoms with E-state index in [0.717, 1.165) is 17.0 Å². The SMILES string of the molecule is CC1(O)CC(N2C(=O)c3cccc(C(F)(F)F)c3C2=O)C1. The zero-order chi connectivity index (χ0) is 15.6. The van der Waals surface area contributed by atoms with Gasteiger partial charge in [-0.3, -0.25) is 14.5 Å². The average molecular weight is 299 g/mol. The van der Waals surface area contributed by atoms with Crippen molar-refractivity contribution in [2.45, 2.75) is 37.6 Å². The highest BCUT2D eigenvalue weighted by Crippen LogP contribution is 2.42. The van der Waals surface area contributed by atoms with Gasteiger partial charge in [-0.1, -0.05) is 6.07 Å². The first-order valence-electron chi connectivity index (χ1n) is 6.42. The Labute approximate surface area is 118 Å². The number of aliphatic hydroxyl groups is 1. The van der Waals surface area contributed by atoms with Crippen LogP contribution >= 0.6 is 0 Å². The highest BCUT2D eigenvalue weighted by atomic mass is 19.4. The molecule has 0 atom stereocenters. The largest absolute Gasteiger partial charge is 0.417 e. The van der Waals surface area contributed by atoms with Crippen LogP contribution in [0.3, 0.4) is 0 Å². The van der Waals surface area contributed by atoms with Crippen LogP contribution < -0.4 is 0 Å². The van der Waals surface area contributed by atoms with Gasteiger partial charge in [-0.25, -0.2) is 0 Å². The van der Waals surface area contributed by atoms with Crippen LogP contribution in [0, 0.1) is 0 Å². The molecule has 4 nitrogen and oxygen atoms in total. The summed E-state index contributed by atoms with van der Waals surface area (Å²) < 4.78 is 38.9. The van der Waals surface area contributed by atoms with Crippen molar-refractivity contribution in [3.63, 3.8) is 0 Å². The number of alkyl halides is 3. The third kappa shape index (κ3) is 2.03. The van der Waals surface area contributed by atoms with Gasteiger partial charge in [-0.15, -0.1) is 0 Å². The van der Waals surface area contributed by atoms with E-state index < -0.39 is 40.8 Å². The molecule has 2 amide bonds. The predicted molar refractivity (Wildman–Crippen MR) is 65.6 cm³/mol. The number of rotatable bonds is 1. The topological polar surface area (TPSA) is 57.6 Å². The minimum absolute atomic E-state index is 0.180. The van der Waals surface area contributed by atoms with Gasteiger partial charge < -0.3 is 5.11 Å². The summed E-state index contributed by atoms with van der Waals surface area (Å²) in [7, 11) is 0. The molecule has 3 rings (SSSR count). The lowest BCUT2D eigenvalue weighted by Crippen LogP contribution is -2.55. The molecule has 2 aliphatic rings. The maximum Gasteiger partial charge on any atom is 0.417 e. The van der Waals surface area contributed by atoms with E-state index in [4.69, 9.17) is 0 Å². The zero-order valence-corrected chi connectivity index (χ0v) is 11.1. The Bertz CT molecular complexity index is 643. The molecule has 21 heavy (non-hydrogen) atoms. The van der Waals surface area contributed by atoms with E-state index in [1.54, 1.807) is 6.92 Å². The van der Waals surface area contributed by atoms with Crippen molar-refractivity contribution in [2.75, 3.05) is 0 Å². The molecule has 0 saturated heterocycles. The highest BCUT2D eigenvalue weighted by Gasteiger charge is 2.51. The molecule has 1 aliphatic carbocycles. The second kappa shape index (κ2) is 4.07. The van der Waals surface area contributed by atoms with Gasteiger partial charge in [0.1, 0.15) is 0 Å². The monoisotopic (exact) mass is 299 g/mol. The number of amides is 2. The molecule has 1 heterocycles. The number of hydrogen-bond donors (Lipinski definition) is 1. The van der Waals surface area contributed by atoms with Crippen LogP contribution in [0.1, 0.15) is 46.0 Å². The Morgan fingerprint density at radius 3 is 2.38 bits per heavy atom. The molecule has 1 aliphatic heterocycles. The van der Waals surface area contributed by atoms with Crippen LogP contribution in [-0.4, -0.2) is 33.5 Å². The van der Waals surface area contributed by atoms with Crippen LogP contribution in [0.2, 0.25) is 0 Å². The first kappa shape index (κ1) is 14.1. The summed E-state index contributed by atoms with van der Waals surface area (Å²) in [6.45, 7) is 1.56. The molecule has 0 unspecified atom stereocenters. The van der Waals surface area contributed by atoms with E-state index in [9.17, 15) is 27.9 Å². The lowest BCUT2D eigenvalue weighted by atomic mass is 9.76. The van der Waals surface area contributed by atoms with Crippen molar-refractivity contribution >= 4 is 11.8 Å². The fourth-order valence-electron chi connectivity index (χ4n) is 3.01. The minimum atomic E-state index is -4.69. The number of carbonyl (C=O) groups is 2. The summed E-state index contributed by atoms with van der Waals surface area (Å²) in [6, 6.07) is 2.59. The Hall–Kier alpha value is -1.89. The summed E-state index contributed by atoms with van der Waals surface area (Å²) >= 11 is 0. The van der Waals surface area contributed by atoms with Gasteiger partial charge in [-0.2, -0.15) is 13.2 Å². The van der Waals surface area contributed by atoms with Gasteiger partial charge in [0.2, 0.25) is 0 Å². The molecule has 7 heteroatoms. The summed E-state index contributed by atoms with van der Waals surface area (Å²) in [5, 5.41) is 9.69. The summed E-state index contributed by atoms with van der Waals surface area (Å²) in [5.41, 5.74) is -2.87. The zero-order valence-electron chi connectivity index (χ0n) is 11.1. The second-order valence-electron chi connectivity index (χ2n) is 5.77. The maximum atomic E-state index is 13.0. The molecule has 1 aromatic rings. The Kier molecular flexibility index (Phi) is 2.72. The summed E-state index contributed by atoms with van der Waals surface area (Å²) in [4.78, 5) is 25.3. The van der Waals surface area contributed by atoms with Gasteiger partial charge in [0.15, 0.2) is 0 Å². The molecule has 0 radical (unpaired) electrons. The van der Waals surface area contributed by atoms with Gasteiger partial charge in [0, 0.05) is 6.04 Å². The number of hydrogen-bond acceptors (Lipinski definition) is 3. The smallest absolute Gasteiger partial charge is 0.390 e. The van der Waals surface area contributed by atoms with Crippen LogP contribution in [0.25, 0.3) is 0 Å². The van der Waals surface area contributed by atoms with E-state index in [2.05, 4.69) is 0 Å². The van der Waals surface area contributed by atoms with Gasteiger partial charge in [0.25, 0.3) is 11.8 Å². The van der Waals surface area contributed by atoms with Crippen molar-refractivity contribution < 1.29 is 27.9 Å². The van der Waals surface area contributed by atoms with Crippen molar-refractivity contribution in [2.24, 2.45) is 0 Å². The molecule has 1 N–H and O–H groups in total. The predicted octanol–water partition coefficient (Wildman–Crippen LogP) is 2.21. The molecule has 1 saturated carbocycles. The van der Waals surface area contributed by atoms with Crippen LogP contribution in [0.5, 0.6) is 0 Å². The number of halogens is 3. The van der Waals surface area contributed by atoms with E-state index in [0.29, 0.717) is 0 Å². The standard InChI is InChI=1S/C14H12F3NO3/c1-13(21)5-7(6-13)18-11(19)8-3-2-4-9(14(15,16)17)10(8)12(18)20/h2-4,7,21H,5-6H2,1H3. The molecule has 0 bridgehead atoms. The maximum absolute atomic E-state index is 13.0. The van der Waals surface area contributed by atoms with Crippen LogP contribution in [0.4, 0.5) is 13.2 Å². The summed E-state index contributed by atoms with van der Waals surface area (Å²) in [5.74, 6) is -1.65. The molecule has 0 spiro atoms. The van der Waals surface area contributed by atoms with E-state index in [-0.39, 0.29) is 18.4 Å². The molecule has 1 aromatic carbocycles. The number of benzene rings is 1. The molecule has 0 aromatic heterocycles. The first-order valence-corrected chi connectivity index (χ1v) is 6.42. The van der Waals surface area contributed by atoms with Gasteiger partial charge in [-0.05, 0) is 31.9 Å². The molecule has 1 fully saturated rings. The number of nitrogens with zero attached hydrogens (tertiary/aromatic N) is 1. The van der Waals surface area contributed by atoms with Crippen molar-refractivity contribution in [3.05, 3.63) is 34.9 Å². The molecule has 112 valence electrons. The fourth-order valence-corrected chi connectivity index (χ4v) is 3.01. The second-order valence-corrected chi connectivity index (χ2v) is 5.77. The van der Waals surface area contributed by atoms with Crippen molar-refractivity contribution in [3.8, 4) is 0 Å². The minimum Gasteiger partial charge on any atom is -0.390 e. The molecular formula is C14H12F3NO3. The van der Waals surface area contributed by atoms with Crippen LogP contribution in [0.15, 0.2) is 18.2 Å². The van der Waals surface area contributed by atoms with Crippen molar-refractivity contribution in [1.29, 1.82) is 0 Å². The van der Waals surface area contributed by atoms with Crippen LogP contribution in [-0.2, 0) is 6.18 Å². The highest BCUT2D eigenvalue weighted by molar-refractivity contribution is 6.22. The molecular weight excluding hydrogens is 287 g/mol. The average Bonchev–Trinajstić information content (AvgIpc) is 2.58. The van der Waals surface area contributed by atoms with E-state index in [1.807, 2.05) is 0 Å². The van der Waals surface area contributed by atoms with E-state index in [1.165, 1.54) is 6.07 Å². The lowest BCUT2D eigenvalue weighted by molar-refractivity contribution is -0.138. The number of fused-ring (bicyclic) bond motifs is 1. The van der Waals surface area contributed by atoms with Crippen molar-refractivity contribution in [1.82, 2.24) is 4.90 Å². The fraction of sp³-hybridized carbons (Fsp3) is 0.429. The number of carbonyl (C=O) groups excluding carboxylic acids is 2. The third-order valence-corrected chi connectivity index (χ3v) is 3.97. The Morgan fingerprint density at radius 1 is 1.24 bits per heavy atom. The Balaban J connectivity index is 2.02.